The molecule has 0 radical (unpaired) electrons. The van der Waals surface area contributed by atoms with E-state index in [-0.39, 0.29) is 5.52 Å². The number of rotatable bonds is 0. The summed E-state index contributed by atoms with van der Waals surface area (Å²) in [5, 5.41) is 3.51. The van der Waals surface area contributed by atoms with Crippen LogP contribution in [0.2, 0.25) is 0 Å². The number of benzene rings is 1. The molecule has 0 atom stereocenters. The van der Waals surface area contributed by atoms with Gasteiger partial charge in [0.2, 0.25) is 0 Å². The Hall–Kier alpha value is -2.05. The van der Waals surface area contributed by atoms with Gasteiger partial charge in [0.1, 0.15) is 5.82 Å². The van der Waals surface area contributed by atoms with Crippen LogP contribution in [0.1, 0.15) is 5.56 Å². The second-order valence-electron chi connectivity index (χ2n) is 4.05. The van der Waals surface area contributed by atoms with Gasteiger partial charge >= 0.3 is 11.9 Å². The van der Waals surface area contributed by atoms with Crippen LogP contribution in [0.5, 0.6) is 0 Å². The zero-order valence-corrected chi connectivity index (χ0v) is 9.08. The number of nitrogens with one attached hydrogen (secondary N) is 1. The minimum atomic E-state index is -4.43. The Labute approximate surface area is 99.1 Å². The molecule has 0 saturated heterocycles. The molecule has 1 aromatic heterocycles. The van der Waals surface area contributed by atoms with E-state index in [0.29, 0.717) is 24.3 Å². The van der Waals surface area contributed by atoms with Crippen LogP contribution < -0.4 is 11.0 Å². The molecule has 0 amide bonds. The first kappa shape index (κ1) is 11.1. The van der Waals surface area contributed by atoms with Gasteiger partial charge in [-0.2, -0.15) is 18.2 Å². The highest BCUT2D eigenvalue weighted by Crippen LogP contribution is 2.32. The molecule has 1 aliphatic heterocycles. The predicted molar refractivity (Wildman–Crippen MR) is 59.5 cm³/mol. The van der Waals surface area contributed by atoms with E-state index in [2.05, 4.69) is 10.3 Å². The lowest BCUT2D eigenvalue weighted by atomic mass is 10.1. The normalized spacial score (nSPS) is 14.6. The van der Waals surface area contributed by atoms with Crippen molar-refractivity contribution in [3.63, 3.8) is 0 Å². The number of hydrogen-bond donors (Lipinski definition) is 1. The lowest BCUT2D eigenvalue weighted by molar-refractivity contribution is -0.137. The molecule has 0 unspecified atom stereocenters. The molecule has 4 nitrogen and oxygen atoms in total. The van der Waals surface area contributed by atoms with Crippen LogP contribution in [0.15, 0.2) is 23.0 Å². The maximum absolute atomic E-state index is 12.6. The summed E-state index contributed by atoms with van der Waals surface area (Å²) in [4.78, 5) is 15.3. The van der Waals surface area contributed by atoms with E-state index in [1.807, 2.05) is 0 Å². The average Bonchev–Trinajstić information content (AvgIpc) is 2.77. The summed E-state index contributed by atoms with van der Waals surface area (Å²) in [7, 11) is 0. The first-order valence-corrected chi connectivity index (χ1v) is 5.32. The molecule has 0 spiro atoms. The molecular formula is C11H8F3N3O. The van der Waals surface area contributed by atoms with Gasteiger partial charge in [-0.1, -0.05) is 0 Å². The van der Waals surface area contributed by atoms with Crippen LogP contribution in [0.25, 0.3) is 10.9 Å². The topological polar surface area (TPSA) is 46.9 Å². The second-order valence-corrected chi connectivity index (χ2v) is 4.05. The summed E-state index contributed by atoms with van der Waals surface area (Å²) in [5.74, 6) is 0.540. The van der Waals surface area contributed by atoms with Crippen molar-refractivity contribution in [3.05, 3.63) is 34.2 Å². The fourth-order valence-corrected chi connectivity index (χ4v) is 2.09. The zero-order chi connectivity index (χ0) is 12.9. The Morgan fingerprint density at radius 1 is 1.33 bits per heavy atom. The van der Waals surface area contributed by atoms with E-state index in [1.165, 1.54) is 10.6 Å². The molecule has 0 saturated carbocycles. The molecule has 1 aliphatic rings. The molecule has 0 aliphatic carbocycles. The minimum absolute atomic E-state index is 0.0653. The van der Waals surface area contributed by atoms with E-state index in [1.54, 1.807) is 0 Å². The summed E-state index contributed by atoms with van der Waals surface area (Å²) in [6.07, 6.45) is -4.43. The number of halogens is 3. The minimum Gasteiger partial charge on any atom is -0.369 e. The highest BCUT2D eigenvalue weighted by molar-refractivity contribution is 5.90. The van der Waals surface area contributed by atoms with Gasteiger partial charge in [-0.3, -0.25) is 4.57 Å². The molecule has 2 aromatic rings. The molecular weight excluding hydrogens is 247 g/mol. The molecule has 2 heterocycles. The molecule has 18 heavy (non-hydrogen) atoms. The lowest BCUT2D eigenvalue weighted by Crippen LogP contribution is -2.21. The Bertz CT molecular complexity index is 690. The predicted octanol–water partition coefficient (Wildman–Crippen LogP) is 1.84. The highest BCUT2D eigenvalue weighted by atomic mass is 19.4. The van der Waals surface area contributed by atoms with E-state index in [0.717, 1.165) is 12.1 Å². The van der Waals surface area contributed by atoms with Crippen molar-refractivity contribution in [3.8, 4) is 0 Å². The molecule has 0 fully saturated rings. The van der Waals surface area contributed by atoms with Gasteiger partial charge in [-0.05, 0) is 18.2 Å². The standard InChI is InChI=1S/C11H8F3N3O/c12-11(13,14)6-1-2-7-8(5-6)16-10(18)17-4-3-15-9(7)17/h1-2,5,15H,3-4H2. The average molecular weight is 255 g/mol. The van der Waals surface area contributed by atoms with Crippen molar-refractivity contribution in [2.24, 2.45) is 0 Å². The van der Waals surface area contributed by atoms with Gasteiger partial charge in [0.15, 0.2) is 0 Å². The Morgan fingerprint density at radius 3 is 2.83 bits per heavy atom. The van der Waals surface area contributed by atoms with Crippen LogP contribution in [0, 0.1) is 0 Å². The van der Waals surface area contributed by atoms with Crippen LogP contribution >= 0.6 is 0 Å². The van der Waals surface area contributed by atoms with Gasteiger partial charge in [-0.15, -0.1) is 0 Å². The number of alkyl halides is 3. The summed E-state index contributed by atoms with van der Waals surface area (Å²) in [5.41, 5.74) is -1.26. The number of anilines is 1. The summed E-state index contributed by atoms with van der Waals surface area (Å²) < 4.78 is 39.1. The smallest absolute Gasteiger partial charge is 0.369 e. The largest absolute Gasteiger partial charge is 0.416 e. The van der Waals surface area contributed by atoms with E-state index >= 15 is 0 Å². The van der Waals surface area contributed by atoms with Crippen molar-refractivity contribution in [1.82, 2.24) is 9.55 Å². The van der Waals surface area contributed by atoms with Crippen molar-refractivity contribution >= 4 is 16.7 Å². The Morgan fingerprint density at radius 2 is 2.11 bits per heavy atom. The molecule has 1 aromatic carbocycles. The van der Waals surface area contributed by atoms with Crippen molar-refractivity contribution in [2.45, 2.75) is 12.7 Å². The highest BCUT2D eigenvalue weighted by Gasteiger charge is 2.31. The van der Waals surface area contributed by atoms with Gasteiger partial charge < -0.3 is 5.32 Å². The number of hydrogen-bond acceptors (Lipinski definition) is 3. The quantitative estimate of drug-likeness (QED) is 0.781. The SMILES string of the molecule is O=c1nc2cc(C(F)(F)F)ccc2c2n1CCN2. The van der Waals surface area contributed by atoms with Crippen molar-refractivity contribution < 1.29 is 13.2 Å². The molecule has 0 bridgehead atoms. The fourth-order valence-electron chi connectivity index (χ4n) is 2.09. The summed E-state index contributed by atoms with van der Waals surface area (Å²) in [6.45, 7) is 1.06. The lowest BCUT2D eigenvalue weighted by Gasteiger charge is -2.09. The van der Waals surface area contributed by atoms with Crippen LogP contribution in [-0.4, -0.2) is 16.1 Å². The number of nitrogens with zero attached hydrogens (tertiary/aromatic N) is 2. The Balaban J connectivity index is 2.32. The van der Waals surface area contributed by atoms with Gasteiger partial charge in [0, 0.05) is 18.5 Å². The molecule has 1 N–H and O–H groups in total. The maximum atomic E-state index is 12.6. The first-order valence-electron chi connectivity index (χ1n) is 5.32. The second kappa shape index (κ2) is 3.47. The van der Waals surface area contributed by atoms with Gasteiger partial charge in [0.25, 0.3) is 0 Å². The van der Waals surface area contributed by atoms with Gasteiger partial charge in [-0.25, -0.2) is 4.79 Å². The maximum Gasteiger partial charge on any atom is 0.416 e. The molecule has 94 valence electrons. The monoisotopic (exact) mass is 255 g/mol. The zero-order valence-electron chi connectivity index (χ0n) is 9.08. The summed E-state index contributed by atoms with van der Waals surface area (Å²) in [6, 6.07) is 3.24. The third-order valence-electron chi connectivity index (χ3n) is 2.92. The number of fused-ring (bicyclic) bond motifs is 3. The van der Waals surface area contributed by atoms with Gasteiger partial charge in [0.05, 0.1) is 11.1 Å². The Kier molecular flexibility index (Phi) is 2.13. The van der Waals surface area contributed by atoms with Crippen molar-refractivity contribution in [1.29, 1.82) is 0 Å². The third-order valence-corrected chi connectivity index (χ3v) is 2.92. The first-order chi connectivity index (χ1) is 8.47. The third kappa shape index (κ3) is 1.54. The van der Waals surface area contributed by atoms with Crippen LogP contribution in [-0.2, 0) is 12.7 Å². The van der Waals surface area contributed by atoms with E-state index in [4.69, 9.17) is 0 Å². The molecule has 7 heteroatoms. The van der Waals surface area contributed by atoms with Crippen LogP contribution in [0.3, 0.4) is 0 Å². The fraction of sp³-hybridized carbons (Fsp3) is 0.273. The van der Waals surface area contributed by atoms with Crippen LogP contribution in [0.4, 0.5) is 19.0 Å². The number of aromatic nitrogens is 2. The van der Waals surface area contributed by atoms with E-state index in [9.17, 15) is 18.0 Å². The molecule has 3 rings (SSSR count). The summed E-state index contributed by atoms with van der Waals surface area (Å²) >= 11 is 0. The van der Waals surface area contributed by atoms with Crippen molar-refractivity contribution in [2.75, 3.05) is 11.9 Å². The van der Waals surface area contributed by atoms with E-state index < -0.39 is 17.4 Å².